The van der Waals surface area contributed by atoms with Gasteiger partial charge in [-0.2, -0.15) is 0 Å². The van der Waals surface area contributed by atoms with Gasteiger partial charge in [-0.05, 0) is 30.4 Å². The van der Waals surface area contributed by atoms with Gasteiger partial charge in [-0.15, -0.1) is 11.3 Å². The van der Waals surface area contributed by atoms with E-state index < -0.39 is 0 Å². The second kappa shape index (κ2) is 9.77. The maximum atomic E-state index is 5.57. The highest BCUT2D eigenvalue weighted by atomic mass is 32.1. The zero-order valence-electron chi connectivity index (χ0n) is 19.0. The van der Waals surface area contributed by atoms with Gasteiger partial charge in [-0.1, -0.05) is 35.9 Å². The number of rotatable bonds is 7. The summed E-state index contributed by atoms with van der Waals surface area (Å²) in [6.07, 6.45) is 8.78. The molecule has 4 aromatic rings. The molecule has 0 saturated carbocycles. The summed E-state index contributed by atoms with van der Waals surface area (Å²) in [7, 11) is 3.33. The number of nitrogens with zero attached hydrogens (tertiary/aromatic N) is 3. The first-order valence-electron chi connectivity index (χ1n) is 11.2. The van der Waals surface area contributed by atoms with E-state index in [9.17, 15) is 0 Å². The molecule has 4 heterocycles. The van der Waals surface area contributed by atoms with Crippen LogP contribution < -0.4 is 9.47 Å². The molecule has 5 rings (SSSR count). The van der Waals surface area contributed by atoms with Crippen LogP contribution in [0.25, 0.3) is 16.5 Å². The number of likely N-dealkylation sites (tertiary alicyclic amines) is 1. The van der Waals surface area contributed by atoms with Crippen molar-refractivity contribution in [2.75, 3.05) is 33.9 Å². The molecular weight excluding hydrogens is 432 g/mol. The maximum Gasteiger partial charge on any atom is 0.238 e. The van der Waals surface area contributed by atoms with Gasteiger partial charge >= 0.3 is 0 Å². The second-order valence-electron chi connectivity index (χ2n) is 8.17. The van der Waals surface area contributed by atoms with Crippen LogP contribution in [0.4, 0.5) is 0 Å². The fourth-order valence-corrected chi connectivity index (χ4v) is 5.43. The molecule has 1 saturated heterocycles. The van der Waals surface area contributed by atoms with Gasteiger partial charge in [-0.25, -0.2) is 9.97 Å². The minimum atomic E-state index is 0.598. The number of H-pyrrole nitrogens is 1. The number of piperidine rings is 1. The number of hydrogen-bond acceptors (Lipinski definition) is 6. The summed E-state index contributed by atoms with van der Waals surface area (Å²) in [6, 6.07) is 10.7. The van der Waals surface area contributed by atoms with E-state index in [1.165, 1.54) is 22.3 Å². The predicted molar refractivity (Wildman–Crippen MR) is 133 cm³/mol. The SMILES string of the molecule is COc1ncc(OC)c2c(CCN3CCC(=C(c4ccccc4)c4nccs4)CC3)c[nH]c12. The number of ether oxygens (including phenoxy) is 2. The molecule has 1 N–H and O–H groups in total. The number of benzene rings is 1. The Balaban J connectivity index is 1.31. The molecule has 6 nitrogen and oxygen atoms in total. The largest absolute Gasteiger partial charge is 0.494 e. The van der Waals surface area contributed by atoms with Crippen LogP contribution in [0.15, 0.2) is 59.9 Å². The summed E-state index contributed by atoms with van der Waals surface area (Å²) in [4.78, 5) is 14.8. The van der Waals surface area contributed by atoms with Gasteiger partial charge in [0.25, 0.3) is 0 Å². The smallest absolute Gasteiger partial charge is 0.238 e. The van der Waals surface area contributed by atoms with Crippen LogP contribution in [-0.4, -0.2) is 53.7 Å². The van der Waals surface area contributed by atoms with E-state index in [0.717, 1.165) is 60.6 Å². The molecule has 0 bridgehead atoms. The number of methoxy groups -OCH3 is 2. The van der Waals surface area contributed by atoms with Gasteiger partial charge in [0.05, 0.1) is 25.8 Å². The monoisotopic (exact) mass is 460 g/mol. The van der Waals surface area contributed by atoms with Crippen LogP contribution in [0.3, 0.4) is 0 Å². The molecular formula is C26H28N4O2S. The fourth-order valence-electron chi connectivity index (χ4n) is 4.67. The number of aromatic amines is 1. The topological polar surface area (TPSA) is 63.3 Å². The Hall–Kier alpha value is -3.16. The van der Waals surface area contributed by atoms with Crippen LogP contribution in [0, 0.1) is 0 Å². The summed E-state index contributed by atoms with van der Waals surface area (Å²) in [5.74, 6) is 1.38. The Kier molecular flexibility index (Phi) is 6.41. The molecule has 1 fully saturated rings. The van der Waals surface area contributed by atoms with E-state index in [-0.39, 0.29) is 0 Å². The number of thiazole rings is 1. The summed E-state index contributed by atoms with van der Waals surface area (Å²) in [5.41, 5.74) is 6.23. The first-order chi connectivity index (χ1) is 16.3. The lowest BCUT2D eigenvalue weighted by molar-refractivity contribution is 0.260. The molecule has 0 amide bonds. The molecule has 3 aromatic heterocycles. The second-order valence-corrected chi connectivity index (χ2v) is 9.07. The van der Waals surface area contributed by atoms with E-state index in [0.29, 0.717) is 5.88 Å². The average Bonchev–Trinajstić information content (AvgIpc) is 3.55. The van der Waals surface area contributed by atoms with Crippen molar-refractivity contribution in [1.29, 1.82) is 0 Å². The molecule has 0 radical (unpaired) electrons. The quantitative estimate of drug-likeness (QED) is 0.412. The third kappa shape index (κ3) is 4.38. The van der Waals surface area contributed by atoms with Crippen molar-refractivity contribution < 1.29 is 9.47 Å². The molecule has 170 valence electrons. The first-order valence-corrected chi connectivity index (χ1v) is 12.1. The van der Waals surface area contributed by atoms with E-state index in [1.807, 2.05) is 6.20 Å². The van der Waals surface area contributed by atoms with Gasteiger partial charge in [-0.3, -0.25) is 0 Å². The Labute approximate surface area is 197 Å². The lowest BCUT2D eigenvalue weighted by Crippen LogP contribution is -2.32. The van der Waals surface area contributed by atoms with Crippen molar-refractivity contribution in [3.05, 3.63) is 76.0 Å². The maximum absolute atomic E-state index is 5.57. The summed E-state index contributed by atoms with van der Waals surface area (Å²) < 4.78 is 11.0. The van der Waals surface area contributed by atoms with Crippen molar-refractivity contribution >= 4 is 27.8 Å². The zero-order chi connectivity index (χ0) is 22.6. The predicted octanol–water partition coefficient (Wildman–Crippen LogP) is 5.18. The normalized spacial score (nSPS) is 14.5. The Bertz CT molecular complexity index is 1240. The highest BCUT2D eigenvalue weighted by molar-refractivity contribution is 7.10. The van der Waals surface area contributed by atoms with Crippen molar-refractivity contribution in [2.24, 2.45) is 0 Å². The van der Waals surface area contributed by atoms with Gasteiger partial charge < -0.3 is 19.4 Å². The summed E-state index contributed by atoms with van der Waals surface area (Å²) >= 11 is 1.72. The van der Waals surface area contributed by atoms with Crippen LogP contribution >= 0.6 is 11.3 Å². The molecule has 1 aliphatic heterocycles. The number of aromatic nitrogens is 3. The van der Waals surface area contributed by atoms with Crippen LogP contribution in [0.2, 0.25) is 0 Å². The Morgan fingerprint density at radius 2 is 1.91 bits per heavy atom. The highest BCUT2D eigenvalue weighted by Gasteiger charge is 2.21. The minimum absolute atomic E-state index is 0.598. The lowest BCUT2D eigenvalue weighted by Gasteiger charge is -2.29. The highest BCUT2D eigenvalue weighted by Crippen LogP contribution is 2.35. The first kappa shape index (κ1) is 21.7. The molecule has 1 aromatic carbocycles. The van der Waals surface area contributed by atoms with Crippen LogP contribution in [-0.2, 0) is 6.42 Å². The number of pyridine rings is 1. The van der Waals surface area contributed by atoms with E-state index >= 15 is 0 Å². The molecule has 0 unspecified atom stereocenters. The van der Waals surface area contributed by atoms with Crippen molar-refractivity contribution in [3.8, 4) is 11.6 Å². The Morgan fingerprint density at radius 1 is 1.09 bits per heavy atom. The molecule has 0 atom stereocenters. The average molecular weight is 461 g/mol. The van der Waals surface area contributed by atoms with Crippen molar-refractivity contribution in [2.45, 2.75) is 19.3 Å². The molecule has 33 heavy (non-hydrogen) atoms. The third-order valence-corrected chi connectivity index (χ3v) is 7.14. The standard InChI is InChI=1S/C26H28N4O2S/c1-31-21-17-29-25(32-2)24-23(21)20(16-28-24)10-14-30-12-8-19(9-13-30)22(26-27-11-15-33-26)18-6-4-3-5-7-18/h3-7,11,15-17,28H,8-10,12-14H2,1-2H3. The van der Waals surface area contributed by atoms with Gasteiger partial charge in [0.15, 0.2) is 0 Å². The molecule has 7 heteroatoms. The lowest BCUT2D eigenvalue weighted by atomic mass is 9.93. The van der Waals surface area contributed by atoms with Gasteiger partial charge in [0, 0.05) is 43.0 Å². The van der Waals surface area contributed by atoms with E-state index in [4.69, 9.17) is 9.47 Å². The fraction of sp³-hybridized carbons (Fsp3) is 0.308. The van der Waals surface area contributed by atoms with Crippen LogP contribution in [0.1, 0.15) is 29.0 Å². The Morgan fingerprint density at radius 3 is 2.61 bits per heavy atom. The summed E-state index contributed by atoms with van der Waals surface area (Å²) in [5, 5.41) is 4.25. The molecule has 1 aliphatic rings. The van der Waals surface area contributed by atoms with Crippen molar-refractivity contribution in [1.82, 2.24) is 19.9 Å². The molecule has 0 aliphatic carbocycles. The van der Waals surface area contributed by atoms with Gasteiger partial charge in [0.2, 0.25) is 5.88 Å². The minimum Gasteiger partial charge on any atom is -0.494 e. The molecule has 0 spiro atoms. The summed E-state index contributed by atoms with van der Waals surface area (Å²) in [6.45, 7) is 3.12. The number of hydrogen-bond donors (Lipinski definition) is 1. The number of fused-ring (bicyclic) bond motifs is 1. The van der Waals surface area contributed by atoms with Crippen LogP contribution in [0.5, 0.6) is 11.6 Å². The van der Waals surface area contributed by atoms with E-state index in [2.05, 4.69) is 61.8 Å². The third-order valence-electron chi connectivity index (χ3n) is 6.35. The van der Waals surface area contributed by atoms with Crippen molar-refractivity contribution in [3.63, 3.8) is 0 Å². The van der Waals surface area contributed by atoms with E-state index in [1.54, 1.807) is 31.8 Å². The number of nitrogens with one attached hydrogen (secondary N) is 1. The van der Waals surface area contributed by atoms with Gasteiger partial charge in [0.1, 0.15) is 16.3 Å². The zero-order valence-corrected chi connectivity index (χ0v) is 19.8.